The van der Waals surface area contributed by atoms with Crippen molar-refractivity contribution >= 4 is 18.0 Å². The van der Waals surface area contributed by atoms with E-state index in [1.54, 1.807) is 20.8 Å². The van der Waals surface area contributed by atoms with Gasteiger partial charge in [0.2, 0.25) is 0 Å². The second kappa shape index (κ2) is 7.52. The number of alkyl carbamates (subject to hydrolysis) is 1. The SMILES string of the molecule is C=C(CNC(=O)OC(C)(C)C)CC(C(=O)O)C(=O)OC. The normalized spacial score (nSPS) is 12.2. The van der Waals surface area contributed by atoms with Crippen molar-refractivity contribution in [1.82, 2.24) is 5.32 Å². The zero-order chi connectivity index (χ0) is 15.9. The Morgan fingerprint density at radius 1 is 1.30 bits per heavy atom. The summed E-state index contributed by atoms with van der Waals surface area (Å²) in [5.74, 6) is -3.47. The maximum absolute atomic E-state index is 11.4. The lowest BCUT2D eigenvalue weighted by molar-refractivity contribution is -0.156. The average Bonchev–Trinajstić information content (AvgIpc) is 2.30. The van der Waals surface area contributed by atoms with Gasteiger partial charge in [-0.05, 0) is 27.2 Å². The highest BCUT2D eigenvalue weighted by Crippen LogP contribution is 2.12. The van der Waals surface area contributed by atoms with Gasteiger partial charge >= 0.3 is 18.0 Å². The van der Waals surface area contributed by atoms with E-state index in [1.165, 1.54) is 0 Å². The number of carboxylic acid groups (broad SMARTS) is 1. The third-order valence-electron chi connectivity index (χ3n) is 2.16. The Balaban J connectivity index is 4.32. The van der Waals surface area contributed by atoms with Crippen molar-refractivity contribution in [3.63, 3.8) is 0 Å². The molecular formula is C13H21NO6. The lowest BCUT2D eigenvalue weighted by Gasteiger charge is -2.20. The van der Waals surface area contributed by atoms with E-state index < -0.39 is 29.6 Å². The second-order valence-electron chi connectivity index (χ2n) is 5.22. The van der Waals surface area contributed by atoms with Gasteiger partial charge in [-0.25, -0.2) is 4.79 Å². The molecule has 0 aromatic rings. The first-order chi connectivity index (χ1) is 9.06. The standard InChI is InChI=1S/C13H21NO6/c1-8(6-9(10(15)16)11(17)19-5)7-14-12(18)20-13(2,3)4/h9H,1,6-7H2,2-5H3,(H,14,18)(H,15,16). The molecule has 0 fully saturated rings. The summed E-state index contributed by atoms with van der Waals surface area (Å²) >= 11 is 0. The smallest absolute Gasteiger partial charge is 0.407 e. The summed E-state index contributed by atoms with van der Waals surface area (Å²) in [6, 6.07) is 0. The van der Waals surface area contributed by atoms with Crippen LogP contribution in [0.5, 0.6) is 0 Å². The molecule has 0 spiro atoms. The lowest BCUT2D eigenvalue weighted by atomic mass is 10.0. The van der Waals surface area contributed by atoms with Crippen LogP contribution in [0, 0.1) is 5.92 Å². The van der Waals surface area contributed by atoms with Crippen LogP contribution in [-0.2, 0) is 19.1 Å². The van der Waals surface area contributed by atoms with Crippen molar-refractivity contribution < 1.29 is 29.0 Å². The van der Waals surface area contributed by atoms with Crippen LogP contribution in [-0.4, -0.2) is 42.4 Å². The molecule has 2 N–H and O–H groups in total. The molecule has 0 bridgehead atoms. The van der Waals surface area contributed by atoms with Gasteiger partial charge in [0.25, 0.3) is 0 Å². The number of nitrogens with one attached hydrogen (secondary N) is 1. The minimum atomic E-state index is -1.33. The Labute approximate surface area is 117 Å². The van der Waals surface area contributed by atoms with Gasteiger partial charge in [-0.3, -0.25) is 9.59 Å². The summed E-state index contributed by atoms with van der Waals surface area (Å²) in [6.07, 6.45) is -0.749. The minimum Gasteiger partial charge on any atom is -0.481 e. The van der Waals surface area contributed by atoms with E-state index >= 15 is 0 Å². The van der Waals surface area contributed by atoms with E-state index in [9.17, 15) is 14.4 Å². The monoisotopic (exact) mass is 287 g/mol. The van der Waals surface area contributed by atoms with Crippen molar-refractivity contribution in [2.75, 3.05) is 13.7 Å². The van der Waals surface area contributed by atoms with Crippen LogP contribution in [0.15, 0.2) is 12.2 Å². The Morgan fingerprint density at radius 2 is 1.85 bits per heavy atom. The fourth-order valence-electron chi connectivity index (χ4n) is 1.29. The first kappa shape index (κ1) is 17.9. The van der Waals surface area contributed by atoms with Crippen LogP contribution in [0.3, 0.4) is 0 Å². The Kier molecular flexibility index (Phi) is 6.75. The number of methoxy groups -OCH3 is 1. The zero-order valence-corrected chi connectivity index (χ0v) is 12.2. The fraction of sp³-hybridized carbons (Fsp3) is 0.615. The molecule has 20 heavy (non-hydrogen) atoms. The highest BCUT2D eigenvalue weighted by Gasteiger charge is 2.28. The van der Waals surface area contributed by atoms with E-state index in [4.69, 9.17) is 9.84 Å². The maximum atomic E-state index is 11.4. The average molecular weight is 287 g/mol. The molecule has 0 radical (unpaired) electrons. The van der Waals surface area contributed by atoms with E-state index in [2.05, 4.69) is 16.6 Å². The van der Waals surface area contributed by atoms with Crippen LogP contribution in [0.4, 0.5) is 4.79 Å². The number of carbonyl (C=O) groups excluding carboxylic acids is 2. The number of carboxylic acids is 1. The number of ether oxygens (including phenoxy) is 2. The molecule has 7 nitrogen and oxygen atoms in total. The van der Waals surface area contributed by atoms with E-state index in [0.29, 0.717) is 5.57 Å². The molecule has 0 aromatic carbocycles. The van der Waals surface area contributed by atoms with Crippen LogP contribution in [0.2, 0.25) is 0 Å². The quantitative estimate of drug-likeness (QED) is 0.434. The fourth-order valence-corrected chi connectivity index (χ4v) is 1.29. The third-order valence-corrected chi connectivity index (χ3v) is 2.16. The molecule has 0 saturated carbocycles. The second-order valence-corrected chi connectivity index (χ2v) is 5.22. The zero-order valence-electron chi connectivity index (χ0n) is 12.2. The highest BCUT2D eigenvalue weighted by atomic mass is 16.6. The molecule has 0 aromatic heterocycles. The number of hydrogen-bond acceptors (Lipinski definition) is 5. The molecule has 1 unspecified atom stereocenters. The number of aliphatic carboxylic acids is 1. The van der Waals surface area contributed by atoms with Crippen LogP contribution >= 0.6 is 0 Å². The largest absolute Gasteiger partial charge is 0.481 e. The summed E-state index contributed by atoms with van der Waals surface area (Å²) in [7, 11) is 1.11. The lowest BCUT2D eigenvalue weighted by Crippen LogP contribution is -2.34. The summed E-state index contributed by atoms with van der Waals surface area (Å²) in [5.41, 5.74) is -0.241. The first-order valence-corrected chi connectivity index (χ1v) is 6.01. The van der Waals surface area contributed by atoms with Gasteiger partial charge in [-0.1, -0.05) is 12.2 Å². The molecule has 0 aliphatic carbocycles. The predicted octanol–water partition coefficient (Wildman–Crippen LogP) is 1.33. The van der Waals surface area contributed by atoms with Gasteiger partial charge in [0.05, 0.1) is 7.11 Å². The molecule has 114 valence electrons. The summed E-state index contributed by atoms with van der Waals surface area (Å²) < 4.78 is 9.40. The predicted molar refractivity (Wildman–Crippen MR) is 71.1 cm³/mol. The van der Waals surface area contributed by atoms with Gasteiger partial charge < -0.3 is 19.9 Å². The Morgan fingerprint density at radius 3 is 2.25 bits per heavy atom. The summed E-state index contributed by atoms with van der Waals surface area (Å²) in [6.45, 7) is 8.81. The third kappa shape index (κ3) is 7.40. The molecular weight excluding hydrogens is 266 g/mol. The van der Waals surface area contributed by atoms with E-state index in [1.807, 2.05) is 0 Å². The molecule has 0 aliphatic rings. The van der Waals surface area contributed by atoms with Gasteiger partial charge in [-0.15, -0.1) is 0 Å². The van der Waals surface area contributed by atoms with Crippen LogP contribution in [0.25, 0.3) is 0 Å². The molecule has 0 heterocycles. The number of esters is 1. The van der Waals surface area contributed by atoms with Crippen LogP contribution in [0.1, 0.15) is 27.2 Å². The van der Waals surface area contributed by atoms with Crippen molar-refractivity contribution in [1.29, 1.82) is 0 Å². The molecule has 1 atom stereocenters. The van der Waals surface area contributed by atoms with Gasteiger partial charge in [0.15, 0.2) is 5.92 Å². The molecule has 0 rings (SSSR count). The van der Waals surface area contributed by atoms with E-state index in [0.717, 1.165) is 7.11 Å². The molecule has 7 heteroatoms. The number of rotatable bonds is 6. The van der Waals surface area contributed by atoms with Crippen molar-refractivity contribution in [2.45, 2.75) is 32.8 Å². The van der Waals surface area contributed by atoms with Crippen molar-refractivity contribution in [3.05, 3.63) is 12.2 Å². The Bertz CT molecular complexity index is 396. The Hall–Kier alpha value is -2.05. The van der Waals surface area contributed by atoms with E-state index in [-0.39, 0.29) is 13.0 Å². The topological polar surface area (TPSA) is 102 Å². The number of hydrogen-bond donors (Lipinski definition) is 2. The molecule has 1 amide bonds. The van der Waals surface area contributed by atoms with Gasteiger partial charge in [0, 0.05) is 6.54 Å². The number of amides is 1. The van der Waals surface area contributed by atoms with Crippen LogP contribution < -0.4 is 5.32 Å². The highest BCUT2D eigenvalue weighted by molar-refractivity contribution is 5.94. The summed E-state index contributed by atoms with van der Waals surface area (Å²) in [4.78, 5) is 33.6. The van der Waals surface area contributed by atoms with Crippen molar-refractivity contribution in [2.24, 2.45) is 5.92 Å². The molecule has 0 aliphatic heterocycles. The van der Waals surface area contributed by atoms with Gasteiger partial charge in [0.1, 0.15) is 5.60 Å². The van der Waals surface area contributed by atoms with Gasteiger partial charge in [-0.2, -0.15) is 0 Å². The van der Waals surface area contributed by atoms with Crippen molar-refractivity contribution in [3.8, 4) is 0 Å². The molecule has 0 saturated heterocycles. The first-order valence-electron chi connectivity index (χ1n) is 6.01. The maximum Gasteiger partial charge on any atom is 0.407 e. The summed E-state index contributed by atoms with van der Waals surface area (Å²) in [5, 5.41) is 11.3. The number of carbonyl (C=O) groups is 3. The minimum absolute atomic E-state index is 0.0235.